The summed E-state index contributed by atoms with van der Waals surface area (Å²) in [6, 6.07) is 6.66. The summed E-state index contributed by atoms with van der Waals surface area (Å²) in [6.45, 7) is 2.66. The minimum absolute atomic E-state index is 0.326. The summed E-state index contributed by atoms with van der Waals surface area (Å²) in [6.07, 6.45) is 12.3. The lowest BCUT2D eigenvalue weighted by atomic mass is 9.97. The highest BCUT2D eigenvalue weighted by Crippen LogP contribution is 2.31. The van der Waals surface area contributed by atoms with Crippen LogP contribution < -0.4 is 16.0 Å². The lowest BCUT2D eigenvalue weighted by Gasteiger charge is -2.33. The SMILES string of the molecule is Nc1nc(NC2CC2)cc(N2CCC[C@H](c3nccn3Cc3ccncc3)C2)n1. The van der Waals surface area contributed by atoms with E-state index in [9.17, 15) is 0 Å². The van der Waals surface area contributed by atoms with Crippen LogP contribution in [0.5, 0.6) is 0 Å². The topological polar surface area (TPSA) is 97.8 Å². The predicted molar refractivity (Wildman–Crippen MR) is 113 cm³/mol. The second-order valence-electron chi connectivity index (χ2n) is 7.94. The van der Waals surface area contributed by atoms with Crippen LogP contribution in [-0.2, 0) is 6.54 Å². The summed E-state index contributed by atoms with van der Waals surface area (Å²) in [5.41, 5.74) is 7.22. The van der Waals surface area contributed by atoms with E-state index in [0.717, 1.165) is 49.9 Å². The second kappa shape index (κ2) is 7.69. The number of rotatable bonds is 6. The molecule has 1 aliphatic carbocycles. The first-order valence-corrected chi connectivity index (χ1v) is 10.3. The Kier molecular flexibility index (Phi) is 4.75. The zero-order chi connectivity index (χ0) is 19.6. The van der Waals surface area contributed by atoms with E-state index < -0.39 is 0 Å². The lowest BCUT2D eigenvalue weighted by Crippen LogP contribution is -2.36. The maximum Gasteiger partial charge on any atom is 0.223 e. The van der Waals surface area contributed by atoms with Crippen molar-refractivity contribution in [3.05, 3.63) is 54.4 Å². The van der Waals surface area contributed by atoms with E-state index in [2.05, 4.69) is 48.1 Å². The van der Waals surface area contributed by atoms with Gasteiger partial charge in [0.05, 0.1) is 0 Å². The van der Waals surface area contributed by atoms with Crippen molar-refractivity contribution in [3.8, 4) is 0 Å². The van der Waals surface area contributed by atoms with Crippen molar-refractivity contribution in [2.45, 2.75) is 44.2 Å². The Morgan fingerprint density at radius 3 is 2.79 bits per heavy atom. The van der Waals surface area contributed by atoms with Crippen molar-refractivity contribution in [1.82, 2.24) is 24.5 Å². The Balaban J connectivity index is 1.34. The molecule has 0 spiro atoms. The first-order valence-electron chi connectivity index (χ1n) is 10.3. The number of pyridine rings is 1. The fraction of sp³-hybridized carbons (Fsp3) is 0.429. The molecule has 1 saturated heterocycles. The van der Waals surface area contributed by atoms with Gasteiger partial charge in [-0.2, -0.15) is 9.97 Å². The number of hydrogen-bond acceptors (Lipinski definition) is 7. The van der Waals surface area contributed by atoms with Gasteiger partial charge in [-0.1, -0.05) is 0 Å². The molecule has 0 bridgehead atoms. The zero-order valence-electron chi connectivity index (χ0n) is 16.4. The molecule has 1 atom stereocenters. The van der Waals surface area contributed by atoms with Gasteiger partial charge in [0.15, 0.2) is 0 Å². The van der Waals surface area contributed by atoms with E-state index in [0.29, 0.717) is 17.9 Å². The maximum atomic E-state index is 5.99. The third-order valence-electron chi connectivity index (χ3n) is 5.62. The fourth-order valence-corrected chi connectivity index (χ4v) is 4.02. The van der Waals surface area contributed by atoms with Crippen molar-refractivity contribution in [2.75, 3.05) is 29.0 Å². The molecule has 3 aromatic rings. The quantitative estimate of drug-likeness (QED) is 0.668. The summed E-state index contributed by atoms with van der Waals surface area (Å²) in [5.74, 6) is 3.54. The number of anilines is 3. The molecule has 2 aliphatic rings. The van der Waals surface area contributed by atoms with Crippen LogP contribution in [-0.4, -0.2) is 43.6 Å². The maximum absolute atomic E-state index is 5.99. The third-order valence-corrected chi connectivity index (χ3v) is 5.62. The molecule has 5 rings (SSSR count). The molecule has 0 radical (unpaired) electrons. The van der Waals surface area contributed by atoms with E-state index in [1.54, 1.807) is 0 Å². The van der Waals surface area contributed by atoms with Crippen LogP contribution in [0.4, 0.5) is 17.6 Å². The third kappa shape index (κ3) is 4.16. The summed E-state index contributed by atoms with van der Waals surface area (Å²) >= 11 is 0. The van der Waals surface area contributed by atoms with Gasteiger partial charge in [0.1, 0.15) is 17.5 Å². The minimum atomic E-state index is 0.326. The van der Waals surface area contributed by atoms with E-state index in [1.807, 2.05) is 24.7 Å². The first kappa shape index (κ1) is 17.9. The van der Waals surface area contributed by atoms with E-state index in [-0.39, 0.29) is 0 Å². The average Bonchev–Trinajstić information content (AvgIpc) is 3.43. The smallest absolute Gasteiger partial charge is 0.223 e. The van der Waals surface area contributed by atoms with E-state index >= 15 is 0 Å². The standard InChI is InChI=1S/C21H26N8/c22-21-26-18(25-17-3-4-17)12-19(27-21)28-10-1-2-16(14-28)20-24-9-11-29(20)13-15-5-7-23-8-6-15/h5-9,11-12,16-17H,1-4,10,13-14H2,(H3,22,25,26,27)/t16-/m0/s1. The van der Waals surface area contributed by atoms with Gasteiger partial charge in [0, 0.05) is 62.4 Å². The molecular weight excluding hydrogens is 364 g/mol. The Labute approximate surface area is 170 Å². The molecule has 150 valence electrons. The van der Waals surface area contributed by atoms with Gasteiger partial charge < -0.3 is 20.5 Å². The number of nitrogens with two attached hydrogens (primary N) is 1. The molecule has 3 aromatic heterocycles. The van der Waals surface area contributed by atoms with Gasteiger partial charge >= 0.3 is 0 Å². The summed E-state index contributed by atoms with van der Waals surface area (Å²) in [5, 5.41) is 3.43. The van der Waals surface area contributed by atoms with Crippen molar-refractivity contribution < 1.29 is 0 Å². The fourth-order valence-electron chi connectivity index (χ4n) is 4.02. The van der Waals surface area contributed by atoms with Crippen molar-refractivity contribution in [2.24, 2.45) is 0 Å². The number of nitrogen functional groups attached to an aromatic ring is 1. The van der Waals surface area contributed by atoms with Gasteiger partial charge in [-0.05, 0) is 43.4 Å². The number of nitrogens with zero attached hydrogens (tertiary/aromatic N) is 6. The van der Waals surface area contributed by atoms with E-state index in [1.165, 1.54) is 18.4 Å². The van der Waals surface area contributed by atoms with Crippen LogP contribution in [0, 0.1) is 0 Å². The van der Waals surface area contributed by atoms with Crippen LogP contribution in [0.1, 0.15) is 43.0 Å². The molecule has 0 aromatic carbocycles. The number of aromatic nitrogens is 5. The highest BCUT2D eigenvalue weighted by atomic mass is 15.2. The molecule has 2 fully saturated rings. The number of piperidine rings is 1. The van der Waals surface area contributed by atoms with Crippen LogP contribution in [0.2, 0.25) is 0 Å². The first-order chi connectivity index (χ1) is 14.2. The van der Waals surface area contributed by atoms with Gasteiger partial charge in [-0.25, -0.2) is 4.98 Å². The molecule has 0 unspecified atom stereocenters. The Morgan fingerprint density at radius 2 is 1.97 bits per heavy atom. The lowest BCUT2D eigenvalue weighted by molar-refractivity contribution is 0.474. The second-order valence-corrected chi connectivity index (χ2v) is 7.94. The minimum Gasteiger partial charge on any atom is -0.368 e. The Morgan fingerprint density at radius 1 is 1.10 bits per heavy atom. The van der Waals surface area contributed by atoms with Crippen LogP contribution in [0.3, 0.4) is 0 Å². The Hall–Kier alpha value is -3.16. The van der Waals surface area contributed by atoms with Crippen molar-refractivity contribution in [3.63, 3.8) is 0 Å². The molecule has 1 aliphatic heterocycles. The van der Waals surface area contributed by atoms with Crippen LogP contribution in [0.25, 0.3) is 0 Å². The van der Waals surface area contributed by atoms with Gasteiger partial charge in [0.2, 0.25) is 5.95 Å². The highest BCUT2D eigenvalue weighted by molar-refractivity contribution is 5.54. The average molecular weight is 390 g/mol. The number of nitrogens with one attached hydrogen (secondary N) is 1. The van der Waals surface area contributed by atoms with Crippen molar-refractivity contribution >= 4 is 17.6 Å². The van der Waals surface area contributed by atoms with Gasteiger partial charge in [-0.15, -0.1) is 0 Å². The monoisotopic (exact) mass is 390 g/mol. The predicted octanol–water partition coefficient (Wildman–Crippen LogP) is 2.66. The van der Waals surface area contributed by atoms with Gasteiger partial charge in [0.25, 0.3) is 0 Å². The Bertz CT molecular complexity index is 966. The van der Waals surface area contributed by atoms with E-state index in [4.69, 9.17) is 10.7 Å². The number of imidazole rings is 1. The zero-order valence-corrected chi connectivity index (χ0v) is 16.4. The summed E-state index contributed by atoms with van der Waals surface area (Å²) < 4.78 is 2.25. The molecule has 8 heteroatoms. The largest absolute Gasteiger partial charge is 0.368 e. The van der Waals surface area contributed by atoms with Gasteiger partial charge in [-0.3, -0.25) is 4.98 Å². The summed E-state index contributed by atoms with van der Waals surface area (Å²) in [7, 11) is 0. The van der Waals surface area contributed by atoms with Crippen LogP contribution in [0.15, 0.2) is 43.0 Å². The molecule has 0 amide bonds. The number of hydrogen-bond donors (Lipinski definition) is 2. The summed E-state index contributed by atoms with van der Waals surface area (Å²) in [4.78, 5) is 20.0. The normalized spacial score (nSPS) is 19.3. The molecule has 29 heavy (non-hydrogen) atoms. The molecule has 1 saturated carbocycles. The molecular formula is C21H26N8. The highest BCUT2D eigenvalue weighted by Gasteiger charge is 2.27. The molecule has 4 heterocycles. The van der Waals surface area contributed by atoms with Crippen LogP contribution >= 0.6 is 0 Å². The molecule has 3 N–H and O–H groups in total. The van der Waals surface area contributed by atoms with Crippen molar-refractivity contribution in [1.29, 1.82) is 0 Å². The molecule has 8 nitrogen and oxygen atoms in total.